The predicted molar refractivity (Wildman–Crippen MR) is 109 cm³/mol. The van der Waals surface area contributed by atoms with Crippen molar-refractivity contribution in [2.75, 3.05) is 0 Å². The molecule has 0 atom stereocenters. The number of benzene rings is 3. The monoisotopic (exact) mass is 382 g/mol. The van der Waals surface area contributed by atoms with Gasteiger partial charge in [-0.2, -0.15) is 0 Å². The molecule has 2 aliphatic heterocycles. The van der Waals surface area contributed by atoms with Crippen LogP contribution in [0.2, 0.25) is 0 Å². The lowest BCUT2D eigenvalue weighted by Crippen LogP contribution is -2.37. The van der Waals surface area contributed by atoms with Crippen LogP contribution in [0.15, 0.2) is 105 Å². The minimum Gasteiger partial charge on any atom is -0.244 e. The normalized spacial score (nSPS) is 15.4. The minimum atomic E-state index is -0.378. The van der Waals surface area contributed by atoms with Crippen LogP contribution in [0.4, 0.5) is 0 Å². The Labute approximate surface area is 166 Å². The van der Waals surface area contributed by atoms with Gasteiger partial charge < -0.3 is 0 Å². The molecule has 6 rings (SSSR count). The zero-order chi connectivity index (χ0) is 17.8. The molecule has 0 bridgehead atoms. The molecule has 0 radical (unpaired) electrons. The first kappa shape index (κ1) is 15.5. The van der Waals surface area contributed by atoms with Gasteiger partial charge in [-0.15, -0.1) is 0 Å². The lowest BCUT2D eigenvalue weighted by Gasteiger charge is -2.44. The average Bonchev–Trinajstić information content (AvgIpc) is 2.73. The molecule has 3 heterocycles. The fourth-order valence-electron chi connectivity index (χ4n) is 4.35. The molecule has 2 nitrogen and oxygen atoms in total. The highest BCUT2D eigenvalue weighted by molar-refractivity contribution is 7.99. The molecular formula is C23H14N2S2. The molecule has 0 fully saturated rings. The van der Waals surface area contributed by atoms with Crippen LogP contribution in [0.1, 0.15) is 22.3 Å². The summed E-state index contributed by atoms with van der Waals surface area (Å²) in [7, 11) is 0. The fraction of sp³-hybridized carbons (Fsp3) is 0.0435. The predicted octanol–water partition coefficient (Wildman–Crippen LogP) is 5.79. The van der Waals surface area contributed by atoms with Crippen LogP contribution in [0, 0.1) is 0 Å². The third-order valence-electron chi connectivity index (χ3n) is 5.38. The molecule has 0 N–H and O–H groups in total. The van der Waals surface area contributed by atoms with Crippen molar-refractivity contribution in [2.24, 2.45) is 0 Å². The van der Waals surface area contributed by atoms with E-state index in [0.29, 0.717) is 0 Å². The third-order valence-corrected chi connectivity index (χ3v) is 7.63. The molecule has 1 spiro atoms. The maximum atomic E-state index is 4.66. The van der Waals surface area contributed by atoms with Gasteiger partial charge in [-0.1, -0.05) is 78.1 Å². The molecule has 1 aromatic heterocycles. The zero-order valence-corrected chi connectivity index (χ0v) is 15.9. The van der Waals surface area contributed by atoms with Crippen molar-refractivity contribution in [3.63, 3.8) is 0 Å². The molecule has 0 saturated carbocycles. The Morgan fingerprint density at radius 2 is 1.11 bits per heavy atom. The molecule has 0 saturated heterocycles. The van der Waals surface area contributed by atoms with Gasteiger partial charge in [0, 0.05) is 26.4 Å². The summed E-state index contributed by atoms with van der Waals surface area (Å²) in [6, 6.07) is 26.2. The van der Waals surface area contributed by atoms with E-state index < -0.39 is 0 Å². The number of nitrogens with zero attached hydrogens (tertiary/aromatic N) is 2. The highest BCUT2D eigenvalue weighted by Crippen LogP contribution is 2.60. The Bertz CT molecular complexity index is 1010. The Hall–Kier alpha value is -2.56. The van der Waals surface area contributed by atoms with E-state index in [1.54, 1.807) is 18.1 Å². The number of fused-ring (bicyclic) bond motifs is 8. The van der Waals surface area contributed by atoms with Crippen molar-refractivity contribution < 1.29 is 0 Å². The Morgan fingerprint density at radius 3 is 1.70 bits per heavy atom. The second-order valence-corrected chi connectivity index (χ2v) is 8.80. The molecule has 4 heteroatoms. The molecule has 0 unspecified atom stereocenters. The highest BCUT2D eigenvalue weighted by atomic mass is 32.2. The van der Waals surface area contributed by atoms with Crippen LogP contribution in [-0.2, 0) is 5.41 Å². The number of hydrogen-bond donors (Lipinski definition) is 0. The SMILES string of the molecule is c1ccc2c(c1)Sc1ccccc1C21c2ccccc2Sc2ncncc21. The maximum absolute atomic E-state index is 4.66. The van der Waals surface area contributed by atoms with Crippen molar-refractivity contribution in [1.82, 2.24) is 9.97 Å². The lowest BCUT2D eigenvalue weighted by molar-refractivity contribution is 0.650. The molecule has 3 aromatic carbocycles. The van der Waals surface area contributed by atoms with Crippen LogP contribution >= 0.6 is 23.5 Å². The summed E-state index contributed by atoms with van der Waals surface area (Å²) >= 11 is 3.59. The van der Waals surface area contributed by atoms with E-state index in [1.807, 2.05) is 18.0 Å². The third kappa shape index (κ3) is 2.00. The van der Waals surface area contributed by atoms with Crippen LogP contribution in [0.3, 0.4) is 0 Å². The lowest BCUT2D eigenvalue weighted by atomic mass is 9.65. The van der Waals surface area contributed by atoms with E-state index in [1.165, 1.54) is 36.9 Å². The molecule has 0 amide bonds. The molecule has 128 valence electrons. The summed E-state index contributed by atoms with van der Waals surface area (Å²) in [5.41, 5.74) is 4.75. The number of aromatic nitrogens is 2. The fourth-order valence-corrected chi connectivity index (χ4v) is 6.64. The van der Waals surface area contributed by atoms with Gasteiger partial charge in [0.05, 0.1) is 5.41 Å². The van der Waals surface area contributed by atoms with E-state index in [9.17, 15) is 0 Å². The van der Waals surface area contributed by atoms with Crippen LogP contribution in [-0.4, -0.2) is 9.97 Å². The Balaban J connectivity index is 1.85. The van der Waals surface area contributed by atoms with E-state index in [0.717, 1.165) is 5.03 Å². The average molecular weight is 383 g/mol. The maximum Gasteiger partial charge on any atom is 0.116 e. The van der Waals surface area contributed by atoms with E-state index >= 15 is 0 Å². The van der Waals surface area contributed by atoms with Gasteiger partial charge in [-0.3, -0.25) is 0 Å². The summed E-state index contributed by atoms with van der Waals surface area (Å²) in [6.07, 6.45) is 3.66. The van der Waals surface area contributed by atoms with Crippen molar-refractivity contribution in [2.45, 2.75) is 25.1 Å². The van der Waals surface area contributed by atoms with Gasteiger partial charge in [0.15, 0.2) is 0 Å². The Kier molecular flexibility index (Phi) is 3.28. The van der Waals surface area contributed by atoms with Gasteiger partial charge in [0.1, 0.15) is 11.4 Å². The van der Waals surface area contributed by atoms with Crippen molar-refractivity contribution in [3.05, 3.63) is 108 Å². The van der Waals surface area contributed by atoms with Gasteiger partial charge in [-0.05, 0) is 34.9 Å². The van der Waals surface area contributed by atoms with Gasteiger partial charge in [0.2, 0.25) is 0 Å². The van der Waals surface area contributed by atoms with Crippen LogP contribution in [0.25, 0.3) is 0 Å². The summed E-state index contributed by atoms with van der Waals surface area (Å²) in [5.74, 6) is 0. The van der Waals surface area contributed by atoms with Crippen molar-refractivity contribution in [3.8, 4) is 0 Å². The quantitative estimate of drug-likeness (QED) is 0.311. The van der Waals surface area contributed by atoms with E-state index in [-0.39, 0.29) is 5.41 Å². The van der Waals surface area contributed by atoms with Gasteiger partial charge in [0.25, 0.3) is 0 Å². The summed E-state index contributed by atoms with van der Waals surface area (Å²) in [4.78, 5) is 13.0. The van der Waals surface area contributed by atoms with Crippen molar-refractivity contribution >= 4 is 23.5 Å². The number of rotatable bonds is 0. The molecule has 27 heavy (non-hydrogen) atoms. The summed E-state index contributed by atoms with van der Waals surface area (Å²) < 4.78 is 0. The standard InChI is InChI=1S/C23H14N2S2/c1-4-10-19-15(7-1)23(16-8-2-5-11-20(16)26-19)17-9-3-6-12-21(17)27-22-18(23)13-24-14-25-22/h1-14H. The second kappa shape index (κ2) is 5.72. The topological polar surface area (TPSA) is 25.8 Å². The van der Waals surface area contributed by atoms with Crippen LogP contribution < -0.4 is 0 Å². The highest BCUT2D eigenvalue weighted by Gasteiger charge is 2.49. The van der Waals surface area contributed by atoms with Crippen LogP contribution in [0.5, 0.6) is 0 Å². The molecule has 2 aliphatic rings. The minimum absolute atomic E-state index is 0.378. The number of hydrogen-bond acceptors (Lipinski definition) is 4. The first-order chi connectivity index (χ1) is 13.4. The van der Waals surface area contributed by atoms with E-state index in [4.69, 9.17) is 0 Å². The first-order valence-electron chi connectivity index (χ1n) is 8.84. The zero-order valence-electron chi connectivity index (χ0n) is 14.3. The Morgan fingerprint density at radius 1 is 0.593 bits per heavy atom. The molecule has 4 aromatic rings. The second-order valence-electron chi connectivity index (χ2n) is 6.68. The van der Waals surface area contributed by atoms with Gasteiger partial charge in [-0.25, -0.2) is 9.97 Å². The van der Waals surface area contributed by atoms with Gasteiger partial charge >= 0.3 is 0 Å². The summed E-state index contributed by atoms with van der Waals surface area (Å²) in [6.45, 7) is 0. The summed E-state index contributed by atoms with van der Waals surface area (Å²) in [5, 5.41) is 1.04. The molecule has 0 aliphatic carbocycles. The largest absolute Gasteiger partial charge is 0.244 e. The molecular weight excluding hydrogens is 368 g/mol. The smallest absolute Gasteiger partial charge is 0.116 e. The van der Waals surface area contributed by atoms with Crippen molar-refractivity contribution in [1.29, 1.82) is 0 Å². The van der Waals surface area contributed by atoms with E-state index in [2.05, 4.69) is 82.8 Å². The first-order valence-corrected chi connectivity index (χ1v) is 10.5.